The molecule has 1 aliphatic carbocycles. The lowest BCUT2D eigenvalue weighted by Gasteiger charge is -2.34. The summed E-state index contributed by atoms with van der Waals surface area (Å²) in [5, 5.41) is 8.20. The zero-order valence-corrected chi connectivity index (χ0v) is 17.0. The summed E-state index contributed by atoms with van der Waals surface area (Å²) in [6, 6.07) is 22.6. The molecule has 2 aromatic rings. The average Bonchev–Trinajstić information content (AvgIpc) is 2.74. The lowest BCUT2D eigenvalue weighted by atomic mass is 9.93. The monoisotopic (exact) mass is 367 g/mol. The summed E-state index contributed by atoms with van der Waals surface area (Å²) in [5.41, 5.74) is 2.86. The number of benzene rings is 2. The molecule has 1 fully saturated rings. The van der Waals surface area contributed by atoms with Crippen LogP contribution in [0, 0.1) is 0 Å². The molecule has 2 aromatic carbocycles. The number of hydrogen-bond acceptors (Lipinski definition) is 2. The molecule has 0 amide bonds. The second-order valence-corrected chi connectivity index (χ2v) is 7.60. The van der Waals surface area contributed by atoms with E-state index in [1.165, 1.54) is 49.7 Å². The van der Waals surface area contributed by atoms with Crippen molar-refractivity contribution in [1.29, 1.82) is 0 Å². The van der Waals surface area contributed by atoms with Gasteiger partial charge in [-0.25, -0.2) is 0 Å². The maximum atomic E-state index is 8.20. The van der Waals surface area contributed by atoms with Crippen molar-refractivity contribution in [3.05, 3.63) is 71.8 Å². The van der Waals surface area contributed by atoms with Gasteiger partial charge in [-0.3, -0.25) is 4.90 Å². The van der Waals surface area contributed by atoms with Gasteiger partial charge < -0.3 is 5.11 Å². The van der Waals surface area contributed by atoms with Crippen molar-refractivity contribution in [2.45, 2.75) is 77.4 Å². The van der Waals surface area contributed by atoms with E-state index < -0.39 is 0 Å². The molecule has 0 saturated heterocycles. The molecule has 148 valence electrons. The Kier molecular flexibility index (Phi) is 10.8. The van der Waals surface area contributed by atoms with E-state index in [0.29, 0.717) is 6.61 Å². The van der Waals surface area contributed by atoms with E-state index in [2.05, 4.69) is 72.5 Å². The predicted molar refractivity (Wildman–Crippen MR) is 116 cm³/mol. The third-order valence-corrected chi connectivity index (χ3v) is 5.31. The van der Waals surface area contributed by atoms with Crippen LogP contribution in [0.1, 0.15) is 69.4 Å². The van der Waals surface area contributed by atoms with Crippen LogP contribution in [-0.2, 0) is 13.1 Å². The number of nitrogens with zero attached hydrogens (tertiary/aromatic N) is 1. The van der Waals surface area contributed by atoms with Gasteiger partial charge in [-0.15, -0.1) is 0 Å². The maximum absolute atomic E-state index is 8.20. The van der Waals surface area contributed by atoms with Gasteiger partial charge in [0.25, 0.3) is 0 Å². The van der Waals surface area contributed by atoms with Crippen molar-refractivity contribution in [3.63, 3.8) is 0 Å². The molecule has 0 atom stereocenters. The molecule has 1 saturated carbocycles. The van der Waals surface area contributed by atoms with Gasteiger partial charge in [0.2, 0.25) is 0 Å². The quantitative estimate of drug-likeness (QED) is 0.562. The van der Waals surface area contributed by atoms with Crippen LogP contribution in [-0.4, -0.2) is 22.7 Å². The van der Waals surface area contributed by atoms with Crippen LogP contribution >= 0.6 is 0 Å². The van der Waals surface area contributed by atoms with Crippen molar-refractivity contribution >= 4 is 0 Å². The van der Waals surface area contributed by atoms with Gasteiger partial charge in [0.05, 0.1) is 0 Å². The van der Waals surface area contributed by atoms with Gasteiger partial charge >= 0.3 is 0 Å². The molecule has 0 radical (unpaired) electrons. The van der Waals surface area contributed by atoms with Crippen LogP contribution in [0.15, 0.2) is 60.7 Å². The summed E-state index contributed by atoms with van der Waals surface area (Å²) in [5.74, 6) is 0. The van der Waals surface area contributed by atoms with Crippen LogP contribution < -0.4 is 0 Å². The Bertz CT molecular complexity index is 532. The lowest BCUT2D eigenvalue weighted by Crippen LogP contribution is -2.35. The average molecular weight is 368 g/mol. The fourth-order valence-corrected chi connectivity index (χ4v) is 3.76. The molecular weight excluding hydrogens is 330 g/mol. The number of hydrogen-bond donors (Lipinski definition) is 1. The Hall–Kier alpha value is -1.64. The Morgan fingerprint density at radius 3 is 1.70 bits per heavy atom. The Morgan fingerprint density at radius 2 is 1.30 bits per heavy atom. The molecule has 0 aromatic heterocycles. The van der Waals surface area contributed by atoms with Gasteiger partial charge in [0.15, 0.2) is 0 Å². The van der Waals surface area contributed by atoms with Gasteiger partial charge in [-0.05, 0) is 30.4 Å². The van der Waals surface area contributed by atoms with E-state index in [-0.39, 0.29) is 0 Å². The highest BCUT2D eigenvalue weighted by Crippen LogP contribution is 2.25. The molecule has 1 N–H and O–H groups in total. The molecule has 0 spiro atoms. The normalized spacial score (nSPS) is 14.6. The van der Waals surface area contributed by atoms with E-state index in [0.717, 1.165) is 32.0 Å². The fraction of sp³-hybridized carbons (Fsp3) is 0.520. The highest BCUT2D eigenvalue weighted by Gasteiger charge is 2.21. The maximum Gasteiger partial charge on any atom is 0.0431 e. The number of rotatable bonds is 8. The first-order valence-corrected chi connectivity index (χ1v) is 10.8. The van der Waals surface area contributed by atoms with Crippen molar-refractivity contribution in [1.82, 2.24) is 4.90 Å². The first kappa shape index (κ1) is 21.7. The minimum Gasteiger partial charge on any atom is -0.396 e. The molecule has 2 heteroatoms. The van der Waals surface area contributed by atoms with Crippen LogP contribution in [0.2, 0.25) is 0 Å². The first-order chi connectivity index (χ1) is 13.3. The number of aliphatic hydroxyl groups is 1. The summed E-state index contributed by atoms with van der Waals surface area (Å²) in [6.45, 7) is 4.62. The zero-order chi connectivity index (χ0) is 19.2. The summed E-state index contributed by atoms with van der Waals surface area (Å²) >= 11 is 0. The van der Waals surface area contributed by atoms with Crippen LogP contribution in [0.4, 0.5) is 0 Å². The van der Waals surface area contributed by atoms with Gasteiger partial charge in [-0.2, -0.15) is 0 Å². The van der Waals surface area contributed by atoms with Crippen molar-refractivity contribution in [2.75, 3.05) is 6.61 Å². The van der Waals surface area contributed by atoms with Crippen molar-refractivity contribution < 1.29 is 5.11 Å². The highest BCUT2D eigenvalue weighted by molar-refractivity contribution is 5.17. The topological polar surface area (TPSA) is 23.5 Å². The molecular formula is C25H37NO. The summed E-state index contributed by atoms with van der Waals surface area (Å²) in [6.07, 6.45) is 10.3. The smallest absolute Gasteiger partial charge is 0.0431 e. The van der Waals surface area contributed by atoms with E-state index >= 15 is 0 Å². The molecule has 0 heterocycles. The second kappa shape index (κ2) is 13.5. The van der Waals surface area contributed by atoms with Gasteiger partial charge in [-0.1, -0.05) is 99.7 Å². The molecule has 0 unspecified atom stereocenters. The third-order valence-electron chi connectivity index (χ3n) is 5.31. The first-order valence-electron chi connectivity index (χ1n) is 10.8. The van der Waals surface area contributed by atoms with E-state index in [1.54, 1.807) is 0 Å². The van der Waals surface area contributed by atoms with E-state index in [9.17, 15) is 0 Å². The van der Waals surface area contributed by atoms with Crippen molar-refractivity contribution in [3.8, 4) is 0 Å². The SMILES string of the molecule is CCCCCO.c1ccc(CN(Cc2ccccc2)C2CCCCC2)cc1. The van der Waals surface area contributed by atoms with Crippen molar-refractivity contribution in [2.24, 2.45) is 0 Å². The molecule has 0 aliphatic heterocycles. The van der Waals surface area contributed by atoms with Crippen LogP contribution in [0.25, 0.3) is 0 Å². The summed E-state index contributed by atoms with van der Waals surface area (Å²) < 4.78 is 0. The number of unbranched alkanes of at least 4 members (excludes halogenated alkanes) is 2. The molecule has 3 rings (SSSR count). The van der Waals surface area contributed by atoms with Crippen LogP contribution in [0.3, 0.4) is 0 Å². The lowest BCUT2D eigenvalue weighted by molar-refractivity contribution is 0.140. The fourth-order valence-electron chi connectivity index (χ4n) is 3.76. The highest BCUT2D eigenvalue weighted by atomic mass is 16.2. The van der Waals surface area contributed by atoms with Gasteiger partial charge in [0, 0.05) is 25.7 Å². The Labute approximate surface area is 166 Å². The molecule has 2 nitrogen and oxygen atoms in total. The van der Waals surface area contributed by atoms with E-state index in [1.807, 2.05) is 0 Å². The Balaban J connectivity index is 0.000000380. The van der Waals surface area contributed by atoms with Gasteiger partial charge in [0.1, 0.15) is 0 Å². The minimum absolute atomic E-state index is 0.355. The molecule has 0 bridgehead atoms. The predicted octanol–water partition coefficient (Wildman–Crippen LogP) is 6.19. The summed E-state index contributed by atoms with van der Waals surface area (Å²) in [4.78, 5) is 2.68. The minimum atomic E-state index is 0.355. The Morgan fingerprint density at radius 1 is 0.778 bits per heavy atom. The largest absolute Gasteiger partial charge is 0.396 e. The zero-order valence-electron chi connectivity index (χ0n) is 17.0. The summed E-state index contributed by atoms with van der Waals surface area (Å²) in [7, 11) is 0. The van der Waals surface area contributed by atoms with E-state index in [4.69, 9.17) is 5.11 Å². The van der Waals surface area contributed by atoms with Crippen LogP contribution in [0.5, 0.6) is 0 Å². The molecule has 27 heavy (non-hydrogen) atoms. The molecule has 1 aliphatic rings. The standard InChI is InChI=1S/C20H25N.C5H12O/c1-4-10-18(11-5-1)16-21(20-14-8-3-9-15-20)17-19-12-6-2-7-13-19;1-2-3-4-5-6/h1-2,4-7,10-13,20H,3,8-9,14-17H2;6H,2-5H2,1H3. The second-order valence-electron chi connectivity index (χ2n) is 7.60. The number of aliphatic hydroxyl groups excluding tert-OH is 1. The third kappa shape index (κ3) is 8.73.